The van der Waals surface area contributed by atoms with Gasteiger partial charge in [-0.3, -0.25) is 4.79 Å². The first-order valence-corrected chi connectivity index (χ1v) is 5.10. The van der Waals surface area contributed by atoms with E-state index in [2.05, 4.69) is 26.0 Å². The van der Waals surface area contributed by atoms with Gasteiger partial charge in [0.15, 0.2) is 0 Å². The van der Waals surface area contributed by atoms with Gasteiger partial charge in [-0.25, -0.2) is 15.8 Å². The first-order valence-electron chi connectivity index (χ1n) is 5.10. The highest BCUT2D eigenvalue weighted by Gasteiger charge is 2.22. The van der Waals surface area contributed by atoms with Gasteiger partial charge in [-0.2, -0.15) is 0 Å². The van der Waals surface area contributed by atoms with Crippen LogP contribution in [0.25, 0.3) is 0 Å². The maximum Gasteiger partial charge on any atom is 0.239 e. The van der Waals surface area contributed by atoms with Gasteiger partial charge in [0, 0.05) is 12.1 Å². The molecule has 0 spiro atoms. The van der Waals surface area contributed by atoms with Crippen LogP contribution in [0.2, 0.25) is 0 Å². The summed E-state index contributed by atoms with van der Waals surface area (Å²) in [5.74, 6) is 6.24. The van der Waals surface area contributed by atoms with Crippen molar-refractivity contribution < 1.29 is 4.79 Å². The Kier molecular flexibility index (Phi) is 3.16. The van der Waals surface area contributed by atoms with E-state index in [1.807, 2.05) is 0 Å². The minimum Gasteiger partial charge on any atom is -0.361 e. The van der Waals surface area contributed by atoms with Crippen molar-refractivity contribution in [2.75, 3.05) is 17.3 Å². The first kappa shape index (κ1) is 10.6. The number of nitrogen functional groups attached to an aromatic ring is 1. The topological polar surface area (TPSA) is 105 Å². The quantitative estimate of drug-likeness (QED) is 0.393. The zero-order valence-corrected chi connectivity index (χ0v) is 8.73. The summed E-state index contributed by atoms with van der Waals surface area (Å²) in [6.45, 7) is 0.206. The number of hydrogen-bond acceptors (Lipinski definition) is 6. The van der Waals surface area contributed by atoms with Crippen molar-refractivity contribution >= 4 is 17.5 Å². The van der Waals surface area contributed by atoms with Crippen molar-refractivity contribution in [2.45, 2.75) is 18.9 Å². The summed E-state index contributed by atoms with van der Waals surface area (Å²) in [7, 11) is 0. The number of hydrogen-bond donors (Lipinski definition) is 4. The molecule has 1 aliphatic carbocycles. The summed E-state index contributed by atoms with van der Waals surface area (Å²) in [6.07, 6.45) is 3.54. The molecule has 7 nitrogen and oxygen atoms in total. The standard InChI is InChI=1S/C9H14N6O/c10-15-8-3-7(12-5-13-8)11-4-9(16)14-6-1-2-6/h3,5-6H,1-2,4,10H2,(H,14,16)(H2,11,12,13,15). The van der Waals surface area contributed by atoms with Gasteiger partial charge >= 0.3 is 0 Å². The Morgan fingerprint density at radius 1 is 1.44 bits per heavy atom. The Bertz CT molecular complexity index is 378. The molecule has 0 bridgehead atoms. The third kappa shape index (κ3) is 3.06. The number of carbonyl (C=O) groups is 1. The summed E-state index contributed by atoms with van der Waals surface area (Å²) in [4.78, 5) is 19.2. The van der Waals surface area contributed by atoms with Crippen LogP contribution in [-0.2, 0) is 4.79 Å². The molecule has 0 saturated heterocycles. The second kappa shape index (κ2) is 4.75. The van der Waals surface area contributed by atoms with Gasteiger partial charge in [-0.1, -0.05) is 0 Å². The van der Waals surface area contributed by atoms with Crippen LogP contribution in [0.3, 0.4) is 0 Å². The number of amides is 1. The second-order valence-corrected chi connectivity index (χ2v) is 3.63. The lowest BCUT2D eigenvalue weighted by Gasteiger charge is -2.06. The van der Waals surface area contributed by atoms with Gasteiger partial charge in [-0.05, 0) is 12.8 Å². The molecule has 1 amide bonds. The van der Waals surface area contributed by atoms with Crippen molar-refractivity contribution in [3.8, 4) is 0 Å². The van der Waals surface area contributed by atoms with Gasteiger partial charge in [0.1, 0.15) is 18.0 Å². The maximum atomic E-state index is 11.4. The van der Waals surface area contributed by atoms with Gasteiger partial charge in [0.25, 0.3) is 0 Å². The molecule has 1 heterocycles. The van der Waals surface area contributed by atoms with Crippen LogP contribution in [0.15, 0.2) is 12.4 Å². The van der Waals surface area contributed by atoms with Gasteiger partial charge in [-0.15, -0.1) is 0 Å². The SMILES string of the molecule is NNc1cc(NCC(=O)NC2CC2)ncn1. The Morgan fingerprint density at radius 3 is 2.88 bits per heavy atom. The van der Waals surface area contributed by atoms with Crippen molar-refractivity contribution in [3.05, 3.63) is 12.4 Å². The minimum atomic E-state index is -0.0247. The maximum absolute atomic E-state index is 11.4. The summed E-state index contributed by atoms with van der Waals surface area (Å²) in [5.41, 5.74) is 2.41. The lowest BCUT2D eigenvalue weighted by Crippen LogP contribution is -2.31. The number of aromatic nitrogens is 2. The van der Waals surface area contributed by atoms with Gasteiger partial charge in [0.2, 0.25) is 5.91 Å². The number of nitrogens with zero attached hydrogens (tertiary/aromatic N) is 2. The molecule has 1 saturated carbocycles. The highest BCUT2D eigenvalue weighted by atomic mass is 16.2. The zero-order chi connectivity index (χ0) is 11.4. The number of carbonyl (C=O) groups excluding carboxylic acids is 1. The molecule has 0 radical (unpaired) electrons. The van der Waals surface area contributed by atoms with E-state index in [0.29, 0.717) is 17.7 Å². The number of hydrazine groups is 1. The van der Waals surface area contributed by atoms with E-state index in [0.717, 1.165) is 12.8 Å². The molecule has 5 N–H and O–H groups in total. The van der Waals surface area contributed by atoms with E-state index in [1.54, 1.807) is 6.07 Å². The van der Waals surface area contributed by atoms with Crippen molar-refractivity contribution in [2.24, 2.45) is 5.84 Å². The summed E-state index contributed by atoms with van der Waals surface area (Å²) < 4.78 is 0. The minimum absolute atomic E-state index is 0.0247. The fourth-order valence-corrected chi connectivity index (χ4v) is 1.21. The van der Waals surface area contributed by atoms with E-state index in [-0.39, 0.29) is 12.5 Å². The zero-order valence-electron chi connectivity index (χ0n) is 8.73. The third-order valence-corrected chi connectivity index (χ3v) is 2.19. The normalized spacial score (nSPS) is 14.3. The molecule has 1 aliphatic rings. The summed E-state index contributed by atoms with van der Waals surface area (Å²) in [5, 5.41) is 5.76. The van der Waals surface area contributed by atoms with Crippen LogP contribution >= 0.6 is 0 Å². The summed E-state index contributed by atoms with van der Waals surface area (Å²) >= 11 is 0. The fourth-order valence-electron chi connectivity index (χ4n) is 1.21. The predicted molar refractivity (Wildman–Crippen MR) is 59.5 cm³/mol. The molecular formula is C9H14N6O. The third-order valence-electron chi connectivity index (χ3n) is 2.19. The average Bonchev–Trinajstić information content (AvgIpc) is 3.10. The number of nitrogens with two attached hydrogens (primary N) is 1. The van der Waals surface area contributed by atoms with Crippen molar-refractivity contribution in [1.82, 2.24) is 15.3 Å². The molecule has 16 heavy (non-hydrogen) atoms. The van der Waals surface area contributed by atoms with Gasteiger partial charge < -0.3 is 16.1 Å². The molecule has 0 unspecified atom stereocenters. The second-order valence-electron chi connectivity index (χ2n) is 3.63. The monoisotopic (exact) mass is 222 g/mol. The van der Waals surface area contributed by atoms with E-state index in [1.165, 1.54) is 6.33 Å². The molecule has 1 fully saturated rings. The fraction of sp³-hybridized carbons (Fsp3) is 0.444. The van der Waals surface area contributed by atoms with Crippen LogP contribution in [-0.4, -0.2) is 28.5 Å². The predicted octanol–water partition coefficient (Wildman–Crippen LogP) is -0.547. The average molecular weight is 222 g/mol. The molecule has 86 valence electrons. The lowest BCUT2D eigenvalue weighted by atomic mass is 10.5. The molecule has 1 aromatic rings. The Morgan fingerprint density at radius 2 is 2.19 bits per heavy atom. The summed E-state index contributed by atoms with van der Waals surface area (Å²) in [6, 6.07) is 2.01. The first-order chi connectivity index (χ1) is 7.78. The van der Waals surface area contributed by atoms with Crippen molar-refractivity contribution in [1.29, 1.82) is 0 Å². The van der Waals surface area contributed by atoms with E-state index in [9.17, 15) is 4.79 Å². The Balaban J connectivity index is 1.80. The molecule has 0 aromatic carbocycles. The van der Waals surface area contributed by atoms with Crippen LogP contribution in [0.5, 0.6) is 0 Å². The Hall–Kier alpha value is -1.89. The number of nitrogens with one attached hydrogen (secondary N) is 3. The van der Waals surface area contributed by atoms with E-state index < -0.39 is 0 Å². The molecule has 1 aromatic heterocycles. The van der Waals surface area contributed by atoms with E-state index >= 15 is 0 Å². The molecule has 7 heteroatoms. The van der Waals surface area contributed by atoms with Crippen molar-refractivity contribution in [3.63, 3.8) is 0 Å². The molecule has 0 atom stereocenters. The Labute approximate surface area is 92.8 Å². The lowest BCUT2D eigenvalue weighted by molar-refractivity contribution is -0.119. The van der Waals surface area contributed by atoms with Crippen LogP contribution in [0.4, 0.5) is 11.6 Å². The highest BCUT2D eigenvalue weighted by Crippen LogP contribution is 2.18. The van der Waals surface area contributed by atoms with Crippen LogP contribution < -0.4 is 21.9 Å². The smallest absolute Gasteiger partial charge is 0.239 e. The largest absolute Gasteiger partial charge is 0.361 e. The molecular weight excluding hydrogens is 208 g/mol. The molecule has 2 rings (SSSR count). The number of rotatable bonds is 5. The van der Waals surface area contributed by atoms with Gasteiger partial charge in [0.05, 0.1) is 6.54 Å². The highest BCUT2D eigenvalue weighted by molar-refractivity contribution is 5.81. The van der Waals surface area contributed by atoms with E-state index in [4.69, 9.17) is 5.84 Å². The van der Waals surface area contributed by atoms with Crippen LogP contribution in [0.1, 0.15) is 12.8 Å². The van der Waals surface area contributed by atoms with Crippen LogP contribution in [0, 0.1) is 0 Å². The molecule has 0 aliphatic heterocycles. The number of anilines is 2.